The topological polar surface area (TPSA) is 132 Å². The zero-order valence-electron chi connectivity index (χ0n) is 68.9. The van der Waals surface area contributed by atoms with E-state index < -0.39 is 17.9 Å². The van der Waals surface area contributed by atoms with Crippen LogP contribution in [0, 0.1) is 98.7 Å². The molecule has 0 aliphatic heterocycles. The lowest BCUT2D eigenvalue weighted by Gasteiger charge is -2.57. The largest absolute Gasteiger partial charge is 0.478 e. The standard InChI is InChI=1S/2C28H28O2.C28H30O.C26H28O2/c1-17-8-23-6-7-24(21-2-4-22(5-3-21)27(29)30)12-25(23)13-26(17)28-14-18-9-19(15-28)11-20(10-18)16-28;1-17-2-3-24(22-4-5-23-12-25(27(29)30)7-6-21(23)11-22)13-26(17)28-14-18-8-19(15-28)10-20(9-18)16-28;1-18-2-4-26(25-7-6-23-11-19(17-29)3-5-24(23)12-25)13-27(18)28-14-20-8-21(15-28)10-22(9-20)16-28;1-17-2-6-23(22-7-3-18(4-8-22)5-9-25(27)28)13-24(17)26-14-19-10-20(15-26)12-21(11-19)16-26/h2-8,12-13,18-20H,9-11,14-16H2,1H3,(H,29,30);2-7,11-13,18-20H,8-10,14-16H2,1H3,(H,29,30);2-7,11-13,20-22,29H,8-10,14-17H2,1H3;2-9,13,19-21H,10-12,14-16H2,1H3,(H,27,28)/b;;;9-5+. The van der Waals surface area contributed by atoms with Gasteiger partial charge in [-0.3, -0.25) is 0 Å². The van der Waals surface area contributed by atoms with Crippen molar-refractivity contribution in [1.29, 1.82) is 0 Å². The zero-order valence-corrected chi connectivity index (χ0v) is 68.9. The number of aliphatic carboxylic acids is 1. The minimum absolute atomic E-state index is 0.101. The highest BCUT2D eigenvalue weighted by Gasteiger charge is 2.56. The summed E-state index contributed by atoms with van der Waals surface area (Å²) < 4.78 is 0. The fraction of sp³-hybridized carbons (Fsp3) is 0.409. The van der Waals surface area contributed by atoms with Gasteiger partial charge in [0, 0.05) is 6.08 Å². The minimum atomic E-state index is -0.914. The highest BCUT2D eigenvalue weighted by atomic mass is 16.4. The Labute approximate surface area is 691 Å². The molecule has 11 aromatic carbocycles. The predicted octanol–water partition coefficient (Wildman–Crippen LogP) is 27.0. The van der Waals surface area contributed by atoms with Crippen LogP contribution in [0.2, 0.25) is 0 Å². The smallest absolute Gasteiger partial charge is 0.335 e. The zero-order chi connectivity index (χ0) is 79.8. The molecule has 7 nitrogen and oxygen atoms in total. The number of hydrogen-bond acceptors (Lipinski definition) is 4. The van der Waals surface area contributed by atoms with E-state index in [1.54, 1.807) is 52.6 Å². The molecule has 0 spiro atoms. The molecule has 16 saturated carbocycles. The van der Waals surface area contributed by atoms with E-state index in [2.05, 4.69) is 173 Å². The van der Waals surface area contributed by atoms with E-state index >= 15 is 0 Å². The highest BCUT2D eigenvalue weighted by Crippen LogP contribution is 2.66. The number of rotatable bonds is 13. The maximum Gasteiger partial charge on any atom is 0.335 e. The lowest BCUT2D eigenvalue weighted by molar-refractivity contribution is -0.131. The molecule has 4 N–H and O–H groups in total. The predicted molar refractivity (Wildman–Crippen MR) is 475 cm³/mol. The molecular weight excluding hydrogens is 1430 g/mol. The van der Waals surface area contributed by atoms with Gasteiger partial charge in [0.1, 0.15) is 0 Å². The number of fused-ring (bicyclic) bond motifs is 3. The molecule has 117 heavy (non-hydrogen) atoms. The molecule has 0 aromatic heterocycles. The Morgan fingerprint density at radius 3 is 0.923 bits per heavy atom. The van der Waals surface area contributed by atoms with Gasteiger partial charge in [-0.15, -0.1) is 0 Å². The number of aliphatic hydroxyl groups excluding tert-OH is 1. The minimum Gasteiger partial charge on any atom is -0.478 e. The third-order valence-electron chi connectivity index (χ3n) is 32.3. The van der Waals surface area contributed by atoms with E-state index in [1.165, 1.54) is 237 Å². The van der Waals surface area contributed by atoms with Crippen LogP contribution in [-0.2, 0) is 33.1 Å². The van der Waals surface area contributed by atoms with Crippen molar-refractivity contribution in [3.63, 3.8) is 0 Å². The van der Waals surface area contributed by atoms with E-state index in [9.17, 15) is 24.6 Å². The number of aryl methyl sites for hydroxylation is 4. The average molecular weight is 1550 g/mol. The molecule has 0 amide bonds. The molecule has 0 atom stereocenters. The molecule has 11 aromatic rings. The second-order valence-electron chi connectivity index (χ2n) is 40.4. The Kier molecular flexibility index (Phi) is 19.5. The van der Waals surface area contributed by atoms with Gasteiger partial charge < -0.3 is 20.4 Å². The number of hydrogen-bond donors (Lipinski definition) is 4. The molecule has 16 fully saturated rings. The van der Waals surface area contributed by atoms with Gasteiger partial charge in [0.2, 0.25) is 0 Å². The van der Waals surface area contributed by atoms with Gasteiger partial charge in [-0.25, -0.2) is 14.4 Å². The van der Waals surface area contributed by atoms with Gasteiger partial charge in [0.15, 0.2) is 0 Å². The second kappa shape index (κ2) is 30.0. The van der Waals surface area contributed by atoms with Crippen LogP contribution < -0.4 is 0 Å². The van der Waals surface area contributed by atoms with Crippen LogP contribution in [0.4, 0.5) is 0 Å². The van der Waals surface area contributed by atoms with Crippen molar-refractivity contribution in [1.82, 2.24) is 0 Å². The number of benzene rings is 11. The fourth-order valence-electron chi connectivity index (χ4n) is 28.9. The van der Waals surface area contributed by atoms with Crippen LogP contribution in [0.25, 0.3) is 82.9 Å². The molecule has 0 radical (unpaired) electrons. The normalized spacial score (nSPS) is 30.0. The van der Waals surface area contributed by atoms with Crippen LogP contribution in [0.1, 0.15) is 230 Å². The number of carbonyl (C=O) groups is 3. The van der Waals surface area contributed by atoms with Crippen LogP contribution >= 0.6 is 0 Å². The first kappa shape index (κ1) is 76.0. The van der Waals surface area contributed by atoms with Gasteiger partial charge in [-0.2, -0.15) is 0 Å². The first-order chi connectivity index (χ1) is 56.6. The lowest BCUT2D eigenvalue weighted by atomic mass is 9.47. The summed E-state index contributed by atoms with van der Waals surface area (Å²) >= 11 is 0. The molecule has 27 rings (SSSR count). The van der Waals surface area contributed by atoms with Gasteiger partial charge in [0.05, 0.1) is 17.7 Å². The first-order valence-electron chi connectivity index (χ1n) is 44.8. The van der Waals surface area contributed by atoms with Crippen LogP contribution in [0.15, 0.2) is 212 Å². The number of carboxylic acid groups (broad SMARTS) is 3. The lowest BCUT2D eigenvalue weighted by Crippen LogP contribution is -2.48. The van der Waals surface area contributed by atoms with E-state index in [1.807, 2.05) is 36.4 Å². The summed E-state index contributed by atoms with van der Waals surface area (Å²) in [5, 5.41) is 43.7. The summed E-state index contributed by atoms with van der Waals surface area (Å²) in [5.41, 5.74) is 26.4. The Morgan fingerprint density at radius 2 is 0.556 bits per heavy atom. The molecule has 0 heterocycles. The van der Waals surface area contributed by atoms with E-state index in [4.69, 9.17) is 10.2 Å². The molecular formula is C110H114O7. The van der Waals surface area contributed by atoms with Crippen molar-refractivity contribution in [2.45, 2.75) is 210 Å². The van der Waals surface area contributed by atoms with E-state index in [0.717, 1.165) is 104 Å². The molecule has 0 unspecified atom stereocenters. The summed E-state index contributed by atoms with van der Waals surface area (Å²) in [6.45, 7) is 9.33. The van der Waals surface area contributed by atoms with Gasteiger partial charge in [-0.1, -0.05) is 158 Å². The Hall–Kier alpha value is -9.69. The molecule has 16 bridgehead atoms. The summed E-state index contributed by atoms with van der Waals surface area (Å²) in [6.07, 6.45) is 37.4. The van der Waals surface area contributed by atoms with Gasteiger partial charge in [-0.05, 0) is 462 Å². The van der Waals surface area contributed by atoms with Gasteiger partial charge >= 0.3 is 17.9 Å². The van der Waals surface area contributed by atoms with Crippen molar-refractivity contribution >= 4 is 56.3 Å². The third kappa shape index (κ3) is 14.6. The maximum atomic E-state index is 11.3. The quantitative estimate of drug-likeness (QED) is 0.0845. The Balaban J connectivity index is 0.000000100. The summed E-state index contributed by atoms with van der Waals surface area (Å²) in [7, 11) is 0. The van der Waals surface area contributed by atoms with Crippen LogP contribution in [0.5, 0.6) is 0 Å². The Morgan fingerprint density at radius 1 is 0.282 bits per heavy atom. The van der Waals surface area contributed by atoms with Crippen molar-refractivity contribution in [3.8, 4) is 44.5 Å². The van der Waals surface area contributed by atoms with Crippen molar-refractivity contribution in [3.05, 3.63) is 279 Å². The first-order valence-corrected chi connectivity index (χ1v) is 44.8. The van der Waals surface area contributed by atoms with Crippen LogP contribution in [-0.4, -0.2) is 38.3 Å². The number of carboxylic acids is 3. The SMILES string of the molecule is Cc1cc2ccc(-c3ccc(C(=O)O)cc3)cc2cc1C12CC3CC(CC(C3)C1)C2.Cc1ccc(-c2ccc(/C=C/C(=O)O)cc2)cc1C12CC3CC(CC(C3)C1)C2.Cc1ccc(-c2ccc3cc(C(=O)O)ccc3c2)cc1C12CC3CC(CC(C3)C1)C2.Cc1ccc(-c2ccc3cc(CO)ccc3c2)cc1C12CC3CC(CC(C3)C1)C2. The number of aliphatic hydroxyl groups is 1. The highest BCUT2D eigenvalue weighted by molar-refractivity contribution is 5.96. The second-order valence-corrected chi connectivity index (χ2v) is 40.4. The maximum absolute atomic E-state index is 11.3. The van der Waals surface area contributed by atoms with E-state index in [-0.39, 0.29) is 6.61 Å². The molecule has 0 saturated heterocycles. The summed E-state index contributed by atoms with van der Waals surface area (Å²) in [4.78, 5) is 33.1. The van der Waals surface area contributed by atoms with Crippen molar-refractivity contribution in [2.75, 3.05) is 0 Å². The van der Waals surface area contributed by atoms with Crippen LogP contribution in [0.3, 0.4) is 0 Å². The average Bonchev–Trinajstić information content (AvgIpc) is 0.730. The third-order valence-corrected chi connectivity index (χ3v) is 32.3. The molecule has 7 heteroatoms. The fourth-order valence-corrected chi connectivity index (χ4v) is 28.9. The summed E-state index contributed by atoms with van der Waals surface area (Å²) in [6, 6.07) is 73.0. The Bertz CT molecular complexity index is 5630. The number of aromatic carboxylic acids is 2. The van der Waals surface area contributed by atoms with Crippen molar-refractivity contribution < 1.29 is 34.8 Å². The van der Waals surface area contributed by atoms with Gasteiger partial charge in [0.25, 0.3) is 0 Å². The molecule has 16 aliphatic rings. The monoisotopic (exact) mass is 1550 g/mol. The van der Waals surface area contributed by atoms with Crippen molar-refractivity contribution in [2.24, 2.45) is 71.0 Å². The summed E-state index contributed by atoms with van der Waals surface area (Å²) in [5.74, 6) is 8.82. The molecule has 596 valence electrons. The van der Waals surface area contributed by atoms with E-state index in [0.29, 0.717) is 32.8 Å². The molecule has 16 aliphatic carbocycles.